The molecular formula is C18H20N2O3. The minimum atomic E-state index is -0.247. The molecule has 0 spiro atoms. The zero-order valence-electron chi connectivity index (χ0n) is 13.0. The number of rotatable bonds is 4. The molecule has 2 heterocycles. The van der Waals surface area contributed by atoms with Crippen molar-refractivity contribution in [2.75, 3.05) is 13.1 Å². The quantitative estimate of drug-likeness (QED) is 0.944. The van der Waals surface area contributed by atoms with Crippen LogP contribution in [0.1, 0.15) is 45.7 Å². The number of nitrogens with one attached hydrogen (secondary N) is 1. The second-order valence-corrected chi connectivity index (χ2v) is 5.71. The molecule has 1 N–H and O–H groups in total. The summed E-state index contributed by atoms with van der Waals surface area (Å²) in [6, 6.07) is 10.7. The van der Waals surface area contributed by atoms with Crippen LogP contribution in [0.15, 0.2) is 47.1 Å². The summed E-state index contributed by atoms with van der Waals surface area (Å²) in [5, 5.41) is 2.79. The van der Waals surface area contributed by atoms with Crippen LogP contribution in [0.5, 0.6) is 0 Å². The van der Waals surface area contributed by atoms with Crippen molar-refractivity contribution in [3.8, 4) is 0 Å². The molecule has 2 aromatic rings. The van der Waals surface area contributed by atoms with Gasteiger partial charge in [-0.3, -0.25) is 9.59 Å². The van der Waals surface area contributed by atoms with Gasteiger partial charge in [0.1, 0.15) is 0 Å². The van der Waals surface area contributed by atoms with E-state index in [2.05, 4.69) is 5.32 Å². The average Bonchev–Trinajstić information content (AvgIpc) is 3.15. The van der Waals surface area contributed by atoms with Crippen molar-refractivity contribution in [2.24, 2.45) is 0 Å². The average molecular weight is 312 g/mol. The highest BCUT2D eigenvalue weighted by Crippen LogP contribution is 2.14. The van der Waals surface area contributed by atoms with E-state index in [0.29, 0.717) is 17.9 Å². The Morgan fingerprint density at radius 1 is 1.04 bits per heavy atom. The third-order valence-electron chi connectivity index (χ3n) is 4.04. The molecule has 0 atom stereocenters. The van der Waals surface area contributed by atoms with E-state index in [4.69, 9.17) is 4.42 Å². The number of benzene rings is 1. The molecule has 1 aromatic carbocycles. The number of carbonyl (C=O) groups excluding carboxylic acids is 2. The fraction of sp³-hybridized carbons (Fsp3) is 0.333. The molecule has 1 aromatic heterocycles. The smallest absolute Gasteiger partial charge is 0.287 e. The summed E-state index contributed by atoms with van der Waals surface area (Å²) in [7, 11) is 0. The number of hydrogen-bond donors (Lipinski definition) is 1. The summed E-state index contributed by atoms with van der Waals surface area (Å²) in [5.41, 5.74) is 1.65. The van der Waals surface area contributed by atoms with Gasteiger partial charge in [0.25, 0.3) is 11.8 Å². The van der Waals surface area contributed by atoms with Gasteiger partial charge in [0, 0.05) is 25.2 Å². The molecule has 2 amide bonds. The van der Waals surface area contributed by atoms with Crippen LogP contribution < -0.4 is 5.32 Å². The summed E-state index contributed by atoms with van der Waals surface area (Å²) in [6.07, 6.45) is 4.85. The number of hydrogen-bond acceptors (Lipinski definition) is 3. The Morgan fingerprint density at radius 3 is 2.43 bits per heavy atom. The van der Waals surface area contributed by atoms with E-state index in [0.717, 1.165) is 31.5 Å². The number of nitrogens with zero attached hydrogens (tertiary/aromatic N) is 1. The van der Waals surface area contributed by atoms with Crippen molar-refractivity contribution in [3.63, 3.8) is 0 Å². The Balaban J connectivity index is 1.56. The Bertz CT molecular complexity index is 656. The summed E-state index contributed by atoms with van der Waals surface area (Å²) in [5.74, 6) is 0.140. The fourth-order valence-electron chi connectivity index (χ4n) is 2.72. The van der Waals surface area contributed by atoms with Gasteiger partial charge in [-0.05, 0) is 49.1 Å². The largest absolute Gasteiger partial charge is 0.459 e. The first kappa shape index (κ1) is 15.3. The van der Waals surface area contributed by atoms with Crippen LogP contribution in [0.3, 0.4) is 0 Å². The van der Waals surface area contributed by atoms with Crippen LogP contribution in [0.4, 0.5) is 0 Å². The molecular weight excluding hydrogens is 292 g/mol. The lowest BCUT2D eigenvalue weighted by molar-refractivity contribution is 0.0724. The van der Waals surface area contributed by atoms with E-state index in [9.17, 15) is 9.59 Å². The molecule has 120 valence electrons. The highest BCUT2D eigenvalue weighted by atomic mass is 16.3. The number of carbonyl (C=O) groups is 2. The predicted octanol–water partition coefficient (Wildman–Crippen LogP) is 2.84. The number of piperidine rings is 1. The van der Waals surface area contributed by atoms with Crippen LogP contribution in [0, 0.1) is 0 Å². The van der Waals surface area contributed by atoms with E-state index < -0.39 is 0 Å². The summed E-state index contributed by atoms with van der Waals surface area (Å²) >= 11 is 0. The van der Waals surface area contributed by atoms with Crippen molar-refractivity contribution < 1.29 is 14.0 Å². The minimum absolute atomic E-state index is 0.0934. The van der Waals surface area contributed by atoms with Crippen molar-refractivity contribution in [1.29, 1.82) is 0 Å². The molecule has 0 saturated carbocycles. The Labute approximate surface area is 135 Å². The monoisotopic (exact) mass is 312 g/mol. The van der Waals surface area contributed by atoms with Crippen molar-refractivity contribution in [1.82, 2.24) is 10.2 Å². The third-order valence-corrected chi connectivity index (χ3v) is 4.04. The van der Waals surface area contributed by atoms with Crippen LogP contribution in [-0.2, 0) is 6.54 Å². The Hall–Kier alpha value is -2.56. The van der Waals surface area contributed by atoms with Gasteiger partial charge in [-0.25, -0.2) is 0 Å². The molecule has 0 aliphatic carbocycles. The zero-order chi connectivity index (χ0) is 16.1. The van der Waals surface area contributed by atoms with E-state index in [1.165, 1.54) is 12.7 Å². The lowest BCUT2D eigenvalue weighted by atomic mass is 10.1. The summed E-state index contributed by atoms with van der Waals surface area (Å²) in [4.78, 5) is 26.1. The van der Waals surface area contributed by atoms with E-state index in [1.807, 2.05) is 29.2 Å². The van der Waals surface area contributed by atoms with Gasteiger partial charge in [0.05, 0.1) is 6.26 Å². The topological polar surface area (TPSA) is 62.6 Å². The third kappa shape index (κ3) is 3.80. The molecule has 1 aliphatic rings. The van der Waals surface area contributed by atoms with Crippen molar-refractivity contribution in [3.05, 3.63) is 59.5 Å². The molecule has 1 saturated heterocycles. The van der Waals surface area contributed by atoms with Gasteiger partial charge in [0.15, 0.2) is 5.76 Å². The van der Waals surface area contributed by atoms with Gasteiger partial charge in [-0.15, -0.1) is 0 Å². The molecule has 5 nitrogen and oxygen atoms in total. The number of amides is 2. The molecule has 1 fully saturated rings. The lowest BCUT2D eigenvalue weighted by Crippen LogP contribution is -2.35. The molecule has 23 heavy (non-hydrogen) atoms. The maximum absolute atomic E-state index is 12.4. The highest BCUT2D eigenvalue weighted by molar-refractivity contribution is 5.94. The molecule has 0 radical (unpaired) electrons. The number of furan rings is 1. The van der Waals surface area contributed by atoms with E-state index in [-0.39, 0.29) is 11.8 Å². The van der Waals surface area contributed by atoms with Gasteiger partial charge < -0.3 is 14.6 Å². The first-order valence-electron chi connectivity index (χ1n) is 7.94. The van der Waals surface area contributed by atoms with Gasteiger partial charge in [-0.1, -0.05) is 12.1 Å². The molecule has 3 rings (SSSR count). The molecule has 5 heteroatoms. The SMILES string of the molecule is O=C(NCc1ccc(C(=O)N2CCCCC2)cc1)c1ccco1. The highest BCUT2D eigenvalue weighted by Gasteiger charge is 2.17. The van der Waals surface area contributed by atoms with Crippen LogP contribution in [-0.4, -0.2) is 29.8 Å². The molecule has 0 bridgehead atoms. The first-order chi connectivity index (χ1) is 11.2. The number of likely N-dealkylation sites (tertiary alicyclic amines) is 1. The summed E-state index contributed by atoms with van der Waals surface area (Å²) < 4.78 is 5.04. The Kier molecular flexibility index (Phi) is 4.76. The van der Waals surface area contributed by atoms with Crippen molar-refractivity contribution >= 4 is 11.8 Å². The minimum Gasteiger partial charge on any atom is -0.459 e. The second-order valence-electron chi connectivity index (χ2n) is 5.71. The summed E-state index contributed by atoms with van der Waals surface area (Å²) in [6.45, 7) is 2.09. The van der Waals surface area contributed by atoms with Crippen LogP contribution >= 0.6 is 0 Å². The molecule has 1 aliphatic heterocycles. The standard InChI is InChI=1S/C18H20N2O3/c21-17(16-5-4-12-23-16)19-13-14-6-8-15(9-7-14)18(22)20-10-2-1-3-11-20/h4-9,12H,1-3,10-11,13H2,(H,19,21). The Morgan fingerprint density at radius 2 is 1.78 bits per heavy atom. The van der Waals surface area contributed by atoms with Crippen LogP contribution in [0.2, 0.25) is 0 Å². The van der Waals surface area contributed by atoms with Gasteiger partial charge in [0.2, 0.25) is 0 Å². The van der Waals surface area contributed by atoms with Gasteiger partial charge in [-0.2, -0.15) is 0 Å². The fourth-order valence-corrected chi connectivity index (χ4v) is 2.72. The van der Waals surface area contributed by atoms with Crippen molar-refractivity contribution in [2.45, 2.75) is 25.8 Å². The lowest BCUT2D eigenvalue weighted by Gasteiger charge is -2.26. The first-order valence-corrected chi connectivity index (χ1v) is 7.94. The van der Waals surface area contributed by atoms with E-state index >= 15 is 0 Å². The van der Waals surface area contributed by atoms with Crippen LogP contribution in [0.25, 0.3) is 0 Å². The normalized spacial score (nSPS) is 14.5. The zero-order valence-corrected chi connectivity index (χ0v) is 13.0. The maximum Gasteiger partial charge on any atom is 0.287 e. The van der Waals surface area contributed by atoms with Gasteiger partial charge >= 0.3 is 0 Å². The van der Waals surface area contributed by atoms with E-state index in [1.54, 1.807) is 12.1 Å². The predicted molar refractivity (Wildman–Crippen MR) is 86.1 cm³/mol. The molecule has 0 unspecified atom stereocenters. The second kappa shape index (κ2) is 7.13. The maximum atomic E-state index is 12.4.